The minimum Gasteiger partial charge on any atom is -0.317 e. The molecule has 0 spiro atoms. The molecule has 0 atom stereocenters. The summed E-state index contributed by atoms with van der Waals surface area (Å²) in [4.78, 5) is 26.9. The molecule has 1 aliphatic carbocycles. The second kappa shape index (κ2) is 7.39. The van der Waals surface area contributed by atoms with Gasteiger partial charge in [-0.25, -0.2) is 8.42 Å². The topological polar surface area (TPSA) is 80.3 Å². The molecule has 1 aliphatic rings. The number of rotatable bonds is 6. The lowest BCUT2D eigenvalue weighted by Gasteiger charge is -2.12. The Hall–Kier alpha value is -1.51. The van der Waals surface area contributed by atoms with E-state index < -0.39 is 9.84 Å². The normalized spacial score (nSPS) is 14.1. The van der Waals surface area contributed by atoms with Crippen molar-refractivity contribution in [3.05, 3.63) is 38.4 Å². The lowest BCUT2D eigenvalue weighted by Crippen LogP contribution is -2.17. The van der Waals surface area contributed by atoms with E-state index in [4.69, 9.17) is 0 Å². The smallest absolute Gasteiger partial charge is 0.226 e. The van der Waals surface area contributed by atoms with Gasteiger partial charge in [-0.2, -0.15) is 0 Å². The monoisotopic (exact) mass is 397 g/mol. The summed E-state index contributed by atoms with van der Waals surface area (Å²) in [6, 6.07) is 3.62. The molecule has 0 aliphatic heterocycles. The minimum atomic E-state index is -3.20. The third kappa shape index (κ3) is 4.37. The summed E-state index contributed by atoms with van der Waals surface area (Å²) in [5.74, 6) is -0.630. The maximum atomic E-state index is 12.9. The molecule has 8 heteroatoms. The van der Waals surface area contributed by atoms with Crippen LogP contribution in [0.3, 0.4) is 0 Å². The standard InChI is InChI=1S/C17H19NO4S3/c1-25(21,22)10-8-14(19)18-17-15(16(20)13-7-4-9-23-13)11-5-2-3-6-12(11)24-17/h4,7,9H,2-3,5-6,8,10H2,1H3,(H,18,19). The van der Waals surface area contributed by atoms with E-state index >= 15 is 0 Å². The lowest BCUT2D eigenvalue weighted by molar-refractivity contribution is -0.115. The first-order valence-electron chi connectivity index (χ1n) is 8.05. The van der Waals surface area contributed by atoms with Gasteiger partial charge in [-0.05, 0) is 42.7 Å². The maximum absolute atomic E-state index is 12.9. The quantitative estimate of drug-likeness (QED) is 0.759. The van der Waals surface area contributed by atoms with Crippen LogP contribution in [0, 0.1) is 0 Å². The first kappa shape index (κ1) is 18.3. The number of thiophene rings is 2. The lowest BCUT2D eigenvalue weighted by atomic mass is 9.93. The summed E-state index contributed by atoms with van der Waals surface area (Å²) in [6.45, 7) is 0. The van der Waals surface area contributed by atoms with E-state index in [1.807, 2.05) is 11.4 Å². The van der Waals surface area contributed by atoms with Crippen LogP contribution >= 0.6 is 22.7 Å². The summed E-state index contributed by atoms with van der Waals surface area (Å²) >= 11 is 2.84. The van der Waals surface area contributed by atoms with Crippen LogP contribution in [0.5, 0.6) is 0 Å². The van der Waals surface area contributed by atoms with Crippen molar-refractivity contribution in [2.24, 2.45) is 0 Å². The number of hydrogen-bond donors (Lipinski definition) is 1. The molecule has 2 aromatic heterocycles. The Balaban J connectivity index is 1.89. The number of nitrogens with one attached hydrogen (secondary N) is 1. The summed E-state index contributed by atoms with van der Waals surface area (Å²) in [5, 5.41) is 5.20. The van der Waals surface area contributed by atoms with Gasteiger partial charge in [0.2, 0.25) is 11.7 Å². The molecule has 5 nitrogen and oxygen atoms in total. The fraction of sp³-hybridized carbons (Fsp3) is 0.412. The van der Waals surface area contributed by atoms with Crippen molar-refractivity contribution in [1.82, 2.24) is 0 Å². The van der Waals surface area contributed by atoms with E-state index in [1.54, 1.807) is 6.07 Å². The molecule has 0 radical (unpaired) electrons. The van der Waals surface area contributed by atoms with Crippen LogP contribution in [0.2, 0.25) is 0 Å². The molecule has 134 valence electrons. The molecule has 1 N–H and O–H groups in total. The highest BCUT2D eigenvalue weighted by atomic mass is 32.2. The fourth-order valence-electron chi connectivity index (χ4n) is 2.89. The average Bonchev–Trinajstić information content (AvgIpc) is 3.19. The van der Waals surface area contributed by atoms with E-state index in [0.717, 1.165) is 42.4 Å². The van der Waals surface area contributed by atoms with E-state index in [0.29, 0.717) is 15.4 Å². The Morgan fingerprint density at radius 1 is 1.24 bits per heavy atom. The molecule has 0 fully saturated rings. The number of amides is 1. The zero-order valence-electron chi connectivity index (χ0n) is 13.8. The van der Waals surface area contributed by atoms with Crippen LogP contribution in [0.1, 0.15) is 44.9 Å². The van der Waals surface area contributed by atoms with Gasteiger partial charge in [-0.1, -0.05) is 6.07 Å². The van der Waals surface area contributed by atoms with E-state index in [-0.39, 0.29) is 23.9 Å². The van der Waals surface area contributed by atoms with Crippen LogP contribution < -0.4 is 5.32 Å². The van der Waals surface area contributed by atoms with E-state index in [1.165, 1.54) is 22.7 Å². The Kier molecular flexibility index (Phi) is 5.41. The zero-order chi connectivity index (χ0) is 18.0. The highest BCUT2D eigenvalue weighted by molar-refractivity contribution is 7.90. The van der Waals surface area contributed by atoms with Crippen molar-refractivity contribution in [1.29, 1.82) is 0 Å². The van der Waals surface area contributed by atoms with Crippen molar-refractivity contribution in [3.8, 4) is 0 Å². The first-order valence-corrected chi connectivity index (χ1v) is 11.8. The highest BCUT2D eigenvalue weighted by Gasteiger charge is 2.27. The van der Waals surface area contributed by atoms with Crippen LogP contribution in [0.4, 0.5) is 5.00 Å². The van der Waals surface area contributed by atoms with Gasteiger partial charge < -0.3 is 5.32 Å². The number of hydrogen-bond acceptors (Lipinski definition) is 6. The Labute approximate surface area is 155 Å². The van der Waals surface area contributed by atoms with Gasteiger partial charge in [0, 0.05) is 17.6 Å². The zero-order valence-corrected chi connectivity index (χ0v) is 16.3. The predicted octanol–water partition coefficient (Wildman–Crippen LogP) is 3.29. The molecule has 0 aromatic carbocycles. The third-order valence-corrected chi connectivity index (χ3v) is 7.12. The largest absolute Gasteiger partial charge is 0.317 e. The summed E-state index contributed by atoms with van der Waals surface area (Å²) in [6.07, 6.45) is 4.89. The number of aryl methyl sites for hydroxylation is 1. The Bertz CT molecular complexity index is 895. The molecular formula is C17H19NO4S3. The number of sulfone groups is 1. The van der Waals surface area contributed by atoms with Crippen molar-refractivity contribution in [2.45, 2.75) is 32.1 Å². The number of anilines is 1. The summed E-state index contributed by atoms with van der Waals surface area (Å²) in [5.41, 5.74) is 1.64. The molecule has 0 saturated heterocycles. The van der Waals surface area contributed by atoms with Crippen LogP contribution in [-0.4, -0.2) is 32.1 Å². The number of fused-ring (bicyclic) bond motifs is 1. The molecule has 1 amide bonds. The molecule has 3 rings (SSSR count). The van der Waals surface area contributed by atoms with Crippen molar-refractivity contribution < 1.29 is 18.0 Å². The molecule has 25 heavy (non-hydrogen) atoms. The van der Waals surface area contributed by atoms with Gasteiger partial charge in [0.15, 0.2) is 0 Å². The highest BCUT2D eigenvalue weighted by Crippen LogP contribution is 2.39. The average molecular weight is 398 g/mol. The van der Waals surface area contributed by atoms with E-state index in [9.17, 15) is 18.0 Å². The maximum Gasteiger partial charge on any atom is 0.226 e. The molecule has 0 unspecified atom stereocenters. The second-order valence-electron chi connectivity index (χ2n) is 6.15. The van der Waals surface area contributed by atoms with Gasteiger partial charge in [0.1, 0.15) is 14.8 Å². The van der Waals surface area contributed by atoms with Gasteiger partial charge >= 0.3 is 0 Å². The third-order valence-electron chi connectivity index (χ3n) is 4.10. The molecule has 2 heterocycles. The van der Waals surface area contributed by atoms with E-state index in [2.05, 4.69) is 5.32 Å². The summed E-state index contributed by atoms with van der Waals surface area (Å²) < 4.78 is 22.5. The Morgan fingerprint density at radius 3 is 2.68 bits per heavy atom. The predicted molar refractivity (Wildman–Crippen MR) is 102 cm³/mol. The minimum absolute atomic E-state index is 0.0622. The van der Waals surface area contributed by atoms with Crippen molar-refractivity contribution in [2.75, 3.05) is 17.3 Å². The fourth-order valence-corrected chi connectivity index (χ4v) is 5.42. The molecule has 2 aromatic rings. The van der Waals surface area contributed by atoms with Crippen LogP contribution in [-0.2, 0) is 27.5 Å². The molecular weight excluding hydrogens is 378 g/mol. The summed E-state index contributed by atoms with van der Waals surface area (Å²) in [7, 11) is -3.20. The molecule has 0 bridgehead atoms. The van der Waals surface area contributed by atoms with Crippen LogP contribution in [0.15, 0.2) is 17.5 Å². The SMILES string of the molecule is CS(=O)(=O)CCC(=O)Nc1sc2c(c1C(=O)c1cccs1)CCCC2. The van der Waals surface area contributed by atoms with Gasteiger partial charge in [0.25, 0.3) is 0 Å². The van der Waals surface area contributed by atoms with Gasteiger partial charge in [-0.3, -0.25) is 9.59 Å². The Morgan fingerprint density at radius 2 is 2.00 bits per heavy atom. The van der Waals surface area contributed by atoms with Gasteiger partial charge in [0.05, 0.1) is 16.2 Å². The number of ketones is 1. The number of carbonyl (C=O) groups excluding carboxylic acids is 2. The second-order valence-corrected chi connectivity index (χ2v) is 10.5. The van der Waals surface area contributed by atoms with Crippen molar-refractivity contribution >= 4 is 49.2 Å². The van der Waals surface area contributed by atoms with Crippen molar-refractivity contribution in [3.63, 3.8) is 0 Å². The van der Waals surface area contributed by atoms with Gasteiger partial charge in [-0.15, -0.1) is 22.7 Å². The molecule has 0 saturated carbocycles. The first-order chi connectivity index (χ1) is 11.8. The number of carbonyl (C=O) groups is 2. The van der Waals surface area contributed by atoms with Crippen LogP contribution in [0.25, 0.3) is 0 Å².